The highest BCUT2D eigenvalue weighted by Crippen LogP contribution is 2.27. The molecule has 110 valence electrons. The minimum absolute atomic E-state index is 0.0211. The summed E-state index contributed by atoms with van der Waals surface area (Å²) in [6, 6.07) is -0.496. The Bertz CT molecular complexity index is 468. The van der Waals surface area contributed by atoms with E-state index < -0.39 is 11.9 Å². The van der Waals surface area contributed by atoms with Crippen molar-refractivity contribution < 1.29 is 9.59 Å². The molecule has 1 aliphatic carbocycles. The van der Waals surface area contributed by atoms with Crippen molar-refractivity contribution in [3.8, 4) is 0 Å². The highest BCUT2D eigenvalue weighted by atomic mass is 16.2. The zero-order valence-electron chi connectivity index (χ0n) is 11.6. The SMILES string of the molecule is CCNC(=O)NC(=O)Cn1cc(CNCC2CC2)nn1. The molecule has 0 spiro atoms. The normalized spacial score (nSPS) is 14.1. The molecule has 0 saturated heterocycles. The largest absolute Gasteiger partial charge is 0.338 e. The summed E-state index contributed by atoms with van der Waals surface area (Å²) in [4.78, 5) is 22.7. The molecule has 1 aromatic rings. The number of aromatic nitrogens is 3. The molecule has 8 heteroatoms. The zero-order chi connectivity index (χ0) is 14.4. The first-order valence-electron chi connectivity index (χ1n) is 6.84. The third-order valence-electron chi connectivity index (χ3n) is 2.92. The van der Waals surface area contributed by atoms with Crippen LogP contribution in [-0.4, -0.2) is 40.0 Å². The summed E-state index contributed by atoms with van der Waals surface area (Å²) in [7, 11) is 0. The molecule has 0 radical (unpaired) electrons. The van der Waals surface area contributed by atoms with Crippen molar-refractivity contribution in [2.45, 2.75) is 32.9 Å². The number of carbonyl (C=O) groups excluding carboxylic acids is 2. The van der Waals surface area contributed by atoms with Gasteiger partial charge in [-0.2, -0.15) is 0 Å². The number of hydrogen-bond acceptors (Lipinski definition) is 5. The van der Waals surface area contributed by atoms with Gasteiger partial charge in [-0.1, -0.05) is 5.21 Å². The van der Waals surface area contributed by atoms with E-state index in [1.165, 1.54) is 17.5 Å². The maximum Gasteiger partial charge on any atom is 0.321 e. The molecule has 8 nitrogen and oxygen atoms in total. The first-order valence-corrected chi connectivity index (χ1v) is 6.84. The second kappa shape index (κ2) is 6.99. The van der Waals surface area contributed by atoms with Crippen LogP contribution in [0.3, 0.4) is 0 Å². The van der Waals surface area contributed by atoms with Gasteiger partial charge in [-0.05, 0) is 32.2 Å². The van der Waals surface area contributed by atoms with E-state index in [1.807, 2.05) is 0 Å². The molecular formula is C12H20N6O2. The van der Waals surface area contributed by atoms with Crippen molar-refractivity contribution in [2.75, 3.05) is 13.1 Å². The van der Waals surface area contributed by atoms with Gasteiger partial charge in [0.05, 0.1) is 11.9 Å². The second-order valence-corrected chi connectivity index (χ2v) is 4.89. The lowest BCUT2D eigenvalue weighted by Crippen LogP contribution is -2.40. The summed E-state index contributed by atoms with van der Waals surface area (Å²) >= 11 is 0. The van der Waals surface area contributed by atoms with Gasteiger partial charge in [0.2, 0.25) is 5.91 Å². The highest BCUT2D eigenvalue weighted by Gasteiger charge is 2.20. The molecule has 2 rings (SSSR count). The highest BCUT2D eigenvalue weighted by molar-refractivity contribution is 5.94. The van der Waals surface area contributed by atoms with Gasteiger partial charge in [0.15, 0.2) is 0 Å². The zero-order valence-corrected chi connectivity index (χ0v) is 11.6. The van der Waals surface area contributed by atoms with Crippen LogP contribution in [0, 0.1) is 5.92 Å². The lowest BCUT2D eigenvalue weighted by molar-refractivity contribution is -0.120. The van der Waals surface area contributed by atoms with Gasteiger partial charge >= 0.3 is 6.03 Å². The summed E-state index contributed by atoms with van der Waals surface area (Å²) in [5.41, 5.74) is 0.788. The molecule has 1 fully saturated rings. The van der Waals surface area contributed by atoms with E-state index in [1.54, 1.807) is 13.1 Å². The summed E-state index contributed by atoms with van der Waals surface area (Å²) in [5.74, 6) is 0.395. The molecule has 1 aliphatic rings. The average Bonchev–Trinajstić information content (AvgIpc) is 3.10. The Morgan fingerprint density at radius 3 is 2.95 bits per heavy atom. The Morgan fingerprint density at radius 2 is 2.25 bits per heavy atom. The van der Waals surface area contributed by atoms with Crippen LogP contribution in [0.25, 0.3) is 0 Å². The van der Waals surface area contributed by atoms with E-state index in [4.69, 9.17) is 0 Å². The molecule has 1 saturated carbocycles. The Kier molecular flexibility index (Phi) is 5.05. The van der Waals surface area contributed by atoms with Crippen LogP contribution in [0.4, 0.5) is 4.79 Å². The smallest absolute Gasteiger partial charge is 0.321 e. The number of imide groups is 1. The number of rotatable bonds is 7. The van der Waals surface area contributed by atoms with Gasteiger partial charge in [0.1, 0.15) is 6.54 Å². The van der Waals surface area contributed by atoms with Crippen LogP contribution in [0.15, 0.2) is 6.20 Å². The van der Waals surface area contributed by atoms with E-state index in [0.29, 0.717) is 13.1 Å². The Labute approximate surface area is 117 Å². The second-order valence-electron chi connectivity index (χ2n) is 4.89. The third kappa shape index (κ3) is 4.96. The van der Waals surface area contributed by atoms with Gasteiger partial charge in [-0.15, -0.1) is 5.10 Å². The lowest BCUT2D eigenvalue weighted by Gasteiger charge is -2.03. The lowest BCUT2D eigenvalue weighted by atomic mass is 10.4. The standard InChI is InChI=1S/C12H20N6O2/c1-2-14-12(20)15-11(19)8-18-7-10(16-17-18)6-13-5-9-3-4-9/h7,9,13H,2-6,8H2,1H3,(H2,14,15,19,20). The number of carbonyl (C=O) groups is 2. The molecule has 1 aromatic heterocycles. The Hall–Kier alpha value is -1.96. The molecule has 3 N–H and O–H groups in total. The molecule has 0 unspecified atom stereocenters. The fraction of sp³-hybridized carbons (Fsp3) is 0.667. The predicted octanol–water partition coefficient (Wildman–Crippen LogP) is -0.377. The summed E-state index contributed by atoms with van der Waals surface area (Å²) in [5, 5.41) is 15.8. The number of urea groups is 1. The monoisotopic (exact) mass is 280 g/mol. The van der Waals surface area contributed by atoms with Crippen molar-refractivity contribution in [1.82, 2.24) is 30.9 Å². The van der Waals surface area contributed by atoms with Crippen LogP contribution in [0.2, 0.25) is 0 Å². The maximum absolute atomic E-state index is 11.5. The van der Waals surface area contributed by atoms with Crippen molar-refractivity contribution in [3.63, 3.8) is 0 Å². The van der Waals surface area contributed by atoms with Crippen molar-refractivity contribution >= 4 is 11.9 Å². The van der Waals surface area contributed by atoms with Gasteiger partial charge in [0, 0.05) is 13.1 Å². The number of nitrogens with zero attached hydrogens (tertiary/aromatic N) is 3. The van der Waals surface area contributed by atoms with E-state index in [-0.39, 0.29) is 6.54 Å². The summed E-state index contributed by atoms with van der Waals surface area (Å²) in [6.45, 7) is 3.88. The first kappa shape index (κ1) is 14.4. The molecule has 1 heterocycles. The van der Waals surface area contributed by atoms with Gasteiger partial charge < -0.3 is 10.6 Å². The molecule has 20 heavy (non-hydrogen) atoms. The molecular weight excluding hydrogens is 260 g/mol. The van der Waals surface area contributed by atoms with E-state index in [0.717, 1.165) is 18.2 Å². The van der Waals surface area contributed by atoms with Crippen LogP contribution < -0.4 is 16.0 Å². The maximum atomic E-state index is 11.5. The van der Waals surface area contributed by atoms with Crippen LogP contribution in [0.1, 0.15) is 25.5 Å². The van der Waals surface area contributed by atoms with E-state index in [9.17, 15) is 9.59 Å². The molecule has 0 atom stereocenters. The van der Waals surface area contributed by atoms with E-state index >= 15 is 0 Å². The van der Waals surface area contributed by atoms with Crippen LogP contribution >= 0.6 is 0 Å². The van der Waals surface area contributed by atoms with Gasteiger partial charge in [0.25, 0.3) is 0 Å². The Morgan fingerprint density at radius 1 is 1.45 bits per heavy atom. The molecule has 0 aliphatic heterocycles. The van der Waals surface area contributed by atoms with Crippen LogP contribution in [-0.2, 0) is 17.9 Å². The van der Waals surface area contributed by atoms with Crippen molar-refractivity contribution in [2.24, 2.45) is 5.92 Å². The molecule has 3 amide bonds. The third-order valence-corrected chi connectivity index (χ3v) is 2.92. The summed E-state index contributed by atoms with van der Waals surface area (Å²) < 4.78 is 1.42. The van der Waals surface area contributed by atoms with Gasteiger partial charge in [-0.25, -0.2) is 9.48 Å². The number of hydrogen-bond donors (Lipinski definition) is 3. The minimum Gasteiger partial charge on any atom is -0.338 e. The minimum atomic E-state index is -0.496. The molecule has 0 bridgehead atoms. The summed E-state index contributed by atoms with van der Waals surface area (Å²) in [6.07, 6.45) is 4.32. The quantitative estimate of drug-likeness (QED) is 0.632. The van der Waals surface area contributed by atoms with E-state index in [2.05, 4.69) is 26.3 Å². The average molecular weight is 280 g/mol. The van der Waals surface area contributed by atoms with Gasteiger partial charge in [-0.3, -0.25) is 10.1 Å². The predicted molar refractivity (Wildman–Crippen MR) is 71.7 cm³/mol. The number of amides is 3. The van der Waals surface area contributed by atoms with Crippen LogP contribution in [0.5, 0.6) is 0 Å². The molecule has 0 aromatic carbocycles. The van der Waals surface area contributed by atoms with Crippen molar-refractivity contribution in [3.05, 3.63) is 11.9 Å². The fourth-order valence-electron chi connectivity index (χ4n) is 1.74. The number of nitrogens with one attached hydrogen (secondary N) is 3. The first-order chi connectivity index (χ1) is 9.67. The Balaban J connectivity index is 1.70. The fourth-order valence-corrected chi connectivity index (χ4v) is 1.74. The van der Waals surface area contributed by atoms with Crippen molar-refractivity contribution in [1.29, 1.82) is 0 Å². The topological polar surface area (TPSA) is 101 Å².